The van der Waals surface area contributed by atoms with E-state index in [4.69, 9.17) is 20.2 Å². The molecule has 0 aromatic heterocycles. The summed E-state index contributed by atoms with van der Waals surface area (Å²) in [5.74, 6) is 1.32. The van der Waals surface area contributed by atoms with Gasteiger partial charge in [0.2, 0.25) is 0 Å². The van der Waals surface area contributed by atoms with E-state index in [1.54, 1.807) is 12.0 Å². The Hall–Kier alpha value is -2.08. The third kappa shape index (κ3) is 2.28. The lowest BCUT2D eigenvalue weighted by Gasteiger charge is -2.33. The molecule has 1 amide bonds. The molecular formula is C18H23N3O3. The molecule has 1 saturated heterocycles. The molecule has 128 valence electrons. The van der Waals surface area contributed by atoms with Crippen molar-refractivity contribution in [3.05, 3.63) is 29.8 Å². The normalized spacial score (nSPS) is 28.1. The molecule has 24 heavy (non-hydrogen) atoms. The first kappa shape index (κ1) is 15.4. The lowest BCUT2D eigenvalue weighted by Crippen LogP contribution is -2.51. The van der Waals surface area contributed by atoms with Crippen LogP contribution in [0.2, 0.25) is 0 Å². The number of carbonyl (C=O) groups excluding carboxylic acids is 1. The van der Waals surface area contributed by atoms with Gasteiger partial charge in [0.05, 0.1) is 7.11 Å². The van der Waals surface area contributed by atoms with Crippen molar-refractivity contribution in [3.63, 3.8) is 0 Å². The number of benzene rings is 1. The van der Waals surface area contributed by atoms with Crippen molar-refractivity contribution in [1.82, 2.24) is 4.90 Å². The summed E-state index contributed by atoms with van der Waals surface area (Å²) in [4.78, 5) is 19.9. The maximum Gasteiger partial charge on any atom is 0.262 e. The van der Waals surface area contributed by atoms with Crippen molar-refractivity contribution in [3.8, 4) is 5.75 Å². The fraction of sp³-hybridized carbons (Fsp3) is 0.556. The Morgan fingerprint density at radius 3 is 2.71 bits per heavy atom. The highest BCUT2D eigenvalue weighted by molar-refractivity contribution is 6.08. The Morgan fingerprint density at radius 1 is 1.29 bits per heavy atom. The average molecular weight is 329 g/mol. The van der Waals surface area contributed by atoms with Gasteiger partial charge in [-0.3, -0.25) is 9.69 Å². The summed E-state index contributed by atoms with van der Waals surface area (Å²) in [5.41, 5.74) is 6.24. The molecule has 6 heteroatoms. The zero-order valence-corrected chi connectivity index (χ0v) is 13.9. The van der Waals surface area contributed by atoms with Crippen LogP contribution >= 0.6 is 0 Å². The number of nitrogens with two attached hydrogens (primary N) is 1. The van der Waals surface area contributed by atoms with E-state index in [1.165, 1.54) is 0 Å². The summed E-state index contributed by atoms with van der Waals surface area (Å²) in [6.45, 7) is 1.33. The van der Waals surface area contributed by atoms with Gasteiger partial charge in [0.1, 0.15) is 5.75 Å². The fourth-order valence-corrected chi connectivity index (χ4v) is 3.92. The Kier molecular flexibility index (Phi) is 3.72. The number of guanidine groups is 1. The summed E-state index contributed by atoms with van der Waals surface area (Å²) in [6.07, 6.45) is 3.62. The van der Waals surface area contributed by atoms with Crippen molar-refractivity contribution < 1.29 is 14.3 Å². The Bertz CT molecular complexity index is 680. The summed E-state index contributed by atoms with van der Waals surface area (Å²) in [6, 6.07) is 7.76. The number of ether oxygens (including phenoxy) is 2. The molecule has 3 aliphatic rings. The van der Waals surface area contributed by atoms with Gasteiger partial charge in [-0.2, -0.15) is 0 Å². The summed E-state index contributed by atoms with van der Waals surface area (Å²) >= 11 is 0. The molecule has 1 aromatic rings. The van der Waals surface area contributed by atoms with Crippen LogP contribution in [-0.4, -0.2) is 43.1 Å². The summed E-state index contributed by atoms with van der Waals surface area (Å²) in [7, 11) is 1.63. The molecule has 1 atom stereocenters. The molecule has 4 rings (SSSR count). The molecule has 2 fully saturated rings. The number of aliphatic imine (C=N–C) groups is 1. The second-order valence-electron chi connectivity index (χ2n) is 6.76. The van der Waals surface area contributed by atoms with E-state index in [1.807, 2.05) is 24.3 Å². The lowest BCUT2D eigenvalue weighted by atomic mass is 9.84. The first-order chi connectivity index (χ1) is 11.7. The fourth-order valence-electron chi connectivity index (χ4n) is 3.92. The predicted molar refractivity (Wildman–Crippen MR) is 89.7 cm³/mol. The molecule has 2 aliphatic heterocycles. The second-order valence-corrected chi connectivity index (χ2v) is 6.76. The van der Waals surface area contributed by atoms with E-state index in [2.05, 4.69) is 0 Å². The van der Waals surface area contributed by atoms with Crippen LogP contribution in [0.25, 0.3) is 0 Å². The number of hydrogen-bond acceptors (Lipinski definition) is 5. The van der Waals surface area contributed by atoms with Gasteiger partial charge in [-0.15, -0.1) is 0 Å². The average Bonchev–Trinajstić information content (AvgIpc) is 3.42. The molecule has 0 bridgehead atoms. The van der Waals surface area contributed by atoms with Crippen LogP contribution < -0.4 is 10.5 Å². The van der Waals surface area contributed by atoms with Gasteiger partial charge < -0.3 is 15.2 Å². The standard InChI is InChI=1S/C18H23N3O3/c1-23-15-4-2-3-13(11-15)18(12-5-6-12)16(22)21(17(19)20-18)14-7-9-24-10-8-14/h2-4,11-12,14H,5-10H2,1H3,(H2,19,20). The van der Waals surface area contributed by atoms with E-state index in [-0.39, 0.29) is 17.9 Å². The SMILES string of the molecule is COc1cccc(C2(C3CC3)N=C(N)N(C3CCOCC3)C2=O)c1. The van der Waals surface area contributed by atoms with Gasteiger partial charge in [0.25, 0.3) is 5.91 Å². The van der Waals surface area contributed by atoms with Crippen LogP contribution in [-0.2, 0) is 15.1 Å². The van der Waals surface area contributed by atoms with Gasteiger partial charge >= 0.3 is 0 Å². The minimum absolute atomic E-state index is 0.0163. The number of methoxy groups -OCH3 is 1. The monoisotopic (exact) mass is 329 g/mol. The second kappa shape index (κ2) is 5.77. The molecular weight excluding hydrogens is 306 g/mol. The van der Waals surface area contributed by atoms with Crippen LogP contribution in [0.3, 0.4) is 0 Å². The van der Waals surface area contributed by atoms with Crippen molar-refractivity contribution in [2.75, 3.05) is 20.3 Å². The smallest absolute Gasteiger partial charge is 0.262 e. The minimum atomic E-state index is -0.878. The highest BCUT2D eigenvalue weighted by atomic mass is 16.5. The van der Waals surface area contributed by atoms with Gasteiger partial charge in [-0.25, -0.2) is 4.99 Å². The molecule has 1 aromatic carbocycles. The number of rotatable bonds is 4. The van der Waals surface area contributed by atoms with Crippen molar-refractivity contribution in [2.45, 2.75) is 37.3 Å². The maximum atomic E-state index is 13.5. The molecule has 6 nitrogen and oxygen atoms in total. The van der Waals surface area contributed by atoms with Gasteiger partial charge in [-0.05, 0) is 49.3 Å². The number of amides is 1. The summed E-state index contributed by atoms with van der Waals surface area (Å²) in [5, 5.41) is 0. The third-order valence-electron chi connectivity index (χ3n) is 5.32. The molecule has 1 unspecified atom stereocenters. The molecule has 0 radical (unpaired) electrons. The third-order valence-corrected chi connectivity index (χ3v) is 5.32. The Balaban J connectivity index is 1.74. The molecule has 1 aliphatic carbocycles. The van der Waals surface area contributed by atoms with E-state index < -0.39 is 5.54 Å². The van der Waals surface area contributed by atoms with Gasteiger partial charge in [0, 0.05) is 19.3 Å². The lowest BCUT2D eigenvalue weighted by molar-refractivity contribution is -0.135. The zero-order valence-electron chi connectivity index (χ0n) is 13.9. The van der Waals surface area contributed by atoms with E-state index >= 15 is 0 Å². The van der Waals surface area contributed by atoms with Gasteiger partial charge in [0.15, 0.2) is 11.5 Å². The Morgan fingerprint density at radius 2 is 2.04 bits per heavy atom. The summed E-state index contributed by atoms with van der Waals surface area (Å²) < 4.78 is 10.8. The molecule has 0 spiro atoms. The Labute approximate surface area is 141 Å². The van der Waals surface area contributed by atoms with E-state index in [9.17, 15) is 4.79 Å². The quantitative estimate of drug-likeness (QED) is 0.911. The number of carbonyl (C=O) groups is 1. The van der Waals surface area contributed by atoms with Crippen LogP contribution in [0, 0.1) is 5.92 Å². The van der Waals surface area contributed by atoms with E-state index in [0.29, 0.717) is 19.2 Å². The molecule has 2 heterocycles. The zero-order chi connectivity index (χ0) is 16.7. The minimum Gasteiger partial charge on any atom is -0.497 e. The van der Waals surface area contributed by atoms with Crippen LogP contribution in [0.1, 0.15) is 31.2 Å². The van der Waals surface area contributed by atoms with Crippen LogP contribution in [0.5, 0.6) is 5.75 Å². The van der Waals surface area contributed by atoms with E-state index in [0.717, 1.165) is 37.0 Å². The highest BCUT2D eigenvalue weighted by Gasteiger charge is 2.59. The maximum absolute atomic E-state index is 13.5. The number of hydrogen-bond donors (Lipinski definition) is 1. The van der Waals surface area contributed by atoms with Crippen LogP contribution in [0.15, 0.2) is 29.3 Å². The molecule has 2 N–H and O–H groups in total. The van der Waals surface area contributed by atoms with Crippen molar-refractivity contribution in [2.24, 2.45) is 16.6 Å². The van der Waals surface area contributed by atoms with Crippen molar-refractivity contribution >= 4 is 11.9 Å². The number of nitrogens with zero attached hydrogens (tertiary/aromatic N) is 2. The first-order valence-electron chi connectivity index (χ1n) is 8.58. The van der Waals surface area contributed by atoms with Gasteiger partial charge in [-0.1, -0.05) is 12.1 Å². The predicted octanol–water partition coefficient (Wildman–Crippen LogP) is 1.64. The van der Waals surface area contributed by atoms with Crippen molar-refractivity contribution in [1.29, 1.82) is 0 Å². The first-order valence-corrected chi connectivity index (χ1v) is 8.58. The largest absolute Gasteiger partial charge is 0.497 e. The highest BCUT2D eigenvalue weighted by Crippen LogP contribution is 2.52. The topological polar surface area (TPSA) is 77.2 Å². The van der Waals surface area contributed by atoms with Crippen LogP contribution in [0.4, 0.5) is 0 Å². The molecule has 1 saturated carbocycles.